The molecule has 4 heterocycles. The highest BCUT2D eigenvalue weighted by atomic mass is 16.8. The lowest BCUT2D eigenvalue weighted by Crippen LogP contribution is -2.63. The summed E-state index contributed by atoms with van der Waals surface area (Å²) in [6.45, 7) is 0.176. The van der Waals surface area contributed by atoms with E-state index in [0.717, 1.165) is 18.2 Å². The number of esters is 1. The van der Waals surface area contributed by atoms with Crippen LogP contribution in [0, 0.1) is 0 Å². The van der Waals surface area contributed by atoms with Crippen LogP contribution in [-0.2, 0) is 28.5 Å². The minimum atomic E-state index is -2.01. The van der Waals surface area contributed by atoms with Crippen LogP contribution in [0.4, 0.5) is 0 Å². The van der Waals surface area contributed by atoms with Crippen LogP contribution in [0.1, 0.15) is 12.5 Å². The second kappa shape index (κ2) is 18.5. The topological polar surface area (TPSA) is 334 Å². The number of rotatable bonds is 11. The molecule has 1 aromatic heterocycles. The maximum absolute atomic E-state index is 14.3. The van der Waals surface area contributed by atoms with Gasteiger partial charge in [-0.1, -0.05) is 12.1 Å². The zero-order chi connectivity index (χ0) is 44.6. The Hall–Kier alpha value is -5.40. The third kappa shape index (κ3) is 9.34. The van der Waals surface area contributed by atoms with Gasteiger partial charge in [0.05, 0.1) is 12.7 Å². The Morgan fingerprint density at radius 1 is 0.742 bits per heavy atom. The Balaban J connectivity index is 1.15. The molecule has 0 aliphatic carbocycles. The molecule has 21 nitrogen and oxygen atoms in total. The van der Waals surface area contributed by atoms with E-state index in [1.54, 1.807) is 0 Å². The monoisotopic (exact) mass is 872 g/mol. The van der Waals surface area contributed by atoms with Crippen molar-refractivity contribution in [2.75, 3.05) is 13.2 Å². The number of benzene rings is 3. The Kier molecular flexibility index (Phi) is 13.3. The molecule has 21 heteroatoms. The second-order valence-electron chi connectivity index (χ2n) is 14.8. The van der Waals surface area contributed by atoms with Crippen molar-refractivity contribution in [2.45, 2.75) is 92.9 Å². The first-order valence-electron chi connectivity index (χ1n) is 19.1. The van der Waals surface area contributed by atoms with E-state index >= 15 is 0 Å². The van der Waals surface area contributed by atoms with Gasteiger partial charge in [-0.3, -0.25) is 4.79 Å². The smallest absolute Gasteiger partial charge is 0.330 e. The normalized spacial score (nSPS) is 32.7. The van der Waals surface area contributed by atoms with Gasteiger partial charge in [-0.2, -0.15) is 0 Å². The SMILES string of the molecule is C[C@@H]1O[C@@H](Oc2cc(O)c3c(=O)c(O[C@@H]4OC[C@H](O)[C@H](O)[C@@H]4O[C@@H]4O[C@H](COC(=O)/C=C/c5ccc(O)cc5)[C@@H](O)[C@H](O)[C@H]4O)c(-c4ccc(O)cc4)oc3c2)[C@H](O)[C@H](O)[C@H]1O. The molecule has 3 aliphatic heterocycles. The van der Waals surface area contributed by atoms with Crippen LogP contribution >= 0.6 is 0 Å². The minimum absolute atomic E-state index is 0.0145. The zero-order valence-corrected chi connectivity index (χ0v) is 32.4. The standard InChI is InChI=1S/C41H44O21/c1-16-28(47)32(51)34(53)39(57-16)58-21-12-22(44)27-24(13-21)59-36(18-5-9-20(43)10-6-18)37(31(27)50)61-41-38(29(48)23(45)14-56-41)62-40-35(54)33(52)30(49)25(60-40)15-55-26(46)11-4-17-2-7-19(42)8-3-17/h2-13,16,23,25,28-30,32-35,38-45,47-49,51-54H,14-15H2,1H3/b11-4+/t16-,23-,25+,28-,29-,30+,32+,33-,34+,35+,38-,39-,40-,41-/m0/s1. The molecule has 14 atom stereocenters. The molecule has 3 aliphatic rings. The summed E-state index contributed by atoms with van der Waals surface area (Å²) in [5, 5.41) is 115. The van der Waals surface area contributed by atoms with E-state index in [-0.39, 0.29) is 34.2 Å². The van der Waals surface area contributed by atoms with E-state index in [1.165, 1.54) is 61.5 Å². The van der Waals surface area contributed by atoms with Gasteiger partial charge < -0.3 is 93.7 Å². The van der Waals surface area contributed by atoms with E-state index in [9.17, 15) is 65.8 Å². The number of aliphatic hydroxyl groups excluding tert-OH is 8. The van der Waals surface area contributed by atoms with Crippen molar-refractivity contribution in [2.24, 2.45) is 0 Å². The quantitative estimate of drug-likeness (QED) is 0.0616. The molecular formula is C41H44O21. The summed E-state index contributed by atoms with van der Waals surface area (Å²) in [7, 11) is 0. The number of carbonyl (C=O) groups is 1. The summed E-state index contributed by atoms with van der Waals surface area (Å²) >= 11 is 0. The van der Waals surface area contributed by atoms with Crippen LogP contribution in [0.2, 0.25) is 0 Å². The Morgan fingerprint density at radius 2 is 1.39 bits per heavy atom. The van der Waals surface area contributed by atoms with Crippen LogP contribution in [-0.4, -0.2) is 161 Å². The summed E-state index contributed by atoms with van der Waals surface area (Å²) in [5.74, 6) is -2.97. The molecule has 0 amide bonds. The number of aromatic hydroxyl groups is 3. The maximum Gasteiger partial charge on any atom is 0.330 e. The number of hydrogen-bond donors (Lipinski definition) is 11. The fraction of sp³-hybridized carbons (Fsp3) is 0.415. The lowest BCUT2D eigenvalue weighted by molar-refractivity contribution is -0.348. The third-order valence-electron chi connectivity index (χ3n) is 10.4. The first kappa shape index (κ1) is 44.6. The van der Waals surface area contributed by atoms with Crippen molar-refractivity contribution >= 4 is 23.0 Å². The Labute approximate surface area is 349 Å². The Bertz CT molecular complexity index is 2280. The van der Waals surface area contributed by atoms with E-state index in [4.69, 9.17) is 37.6 Å². The predicted octanol–water partition coefficient (Wildman–Crippen LogP) is -1.31. The van der Waals surface area contributed by atoms with Crippen molar-refractivity contribution in [3.8, 4) is 40.1 Å². The highest BCUT2D eigenvalue weighted by Crippen LogP contribution is 2.39. The molecular weight excluding hydrogens is 828 g/mol. The Morgan fingerprint density at radius 3 is 2.08 bits per heavy atom. The lowest BCUT2D eigenvalue weighted by Gasteiger charge is -2.44. The minimum Gasteiger partial charge on any atom is -0.508 e. The molecule has 3 saturated heterocycles. The van der Waals surface area contributed by atoms with E-state index < -0.39 is 128 Å². The summed E-state index contributed by atoms with van der Waals surface area (Å²) in [6.07, 6.45) is -21.3. The van der Waals surface area contributed by atoms with E-state index in [2.05, 4.69) is 0 Å². The molecule has 7 rings (SSSR count). The lowest BCUT2D eigenvalue weighted by atomic mass is 9.98. The fourth-order valence-corrected chi connectivity index (χ4v) is 6.89. The number of phenols is 3. The second-order valence-corrected chi connectivity index (χ2v) is 14.8. The molecule has 334 valence electrons. The third-order valence-corrected chi connectivity index (χ3v) is 10.4. The number of phenolic OH excluding ortho intramolecular Hbond substituents is 3. The molecule has 0 bridgehead atoms. The first-order chi connectivity index (χ1) is 29.5. The largest absolute Gasteiger partial charge is 0.508 e. The van der Waals surface area contributed by atoms with Gasteiger partial charge in [-0.15, -0.1) is 0 Å². The zero-order valence-electron chi connectivity index (χ0n) is 32.4. The van der Waals surface area contributed by atoms with Gasteiger partial charge in [0, 0.05) is 23.8 Å². The summed E-state index contributed by atoms with van der Waals surface area (Å²) in [5.41, 5.74) is -0.670. The van der Waals surface area contributed by atoms with E-state index in [0.29, 0.717) is 5.56 Å². The number of aliphatic hydroxyl groups is 8. The van der Waals surface area contributed by atoms with Crippen molar-refractivity contribution < 1.29 is 98.5 Å². The molecule has 62 heavy (non-hydrogen) atoms. The maximum atomic E-state index is 14.3. The average Bonchev–Trinajstić information content (AvgIpc) is 3.24. The van der Waals surface area contributed by atoms with Crippen LogP contribution < -0.4 is 14.9 Å². The molecule has 4 aromatic rings. The van der Waals surface area contributed by atoms with Gasteiger partial charge in [0.2, 0.25) is 23.8 Å². The molecule has 0 spiro atoms. The molecule has 0 radical (unpaired) electrons. The first-order valence-corrected chi connectivity index (χ1v) is 19.1. The highest BCUT2D eigenvalue weighted by Gasteiger charge is 2.50. The van der Waals surface area contributed by atoms with Crippen LogP contribution in [0.3, 0.4) is 0 Å². The highest BCUT2D eigenvalue weighted by molar-refractivity contribution is 5.88. The number of hydrogen-bond acceptors (Lipinski definition) is 21. The van der Waals surface area contributed by atoms with Gasteiger partial charge in [-0.05, 0) is 55.0 Å². The van der Waals surface area contributed by atoms with Crippen molar-refractivity contribution in [3.05, 3.63) is 82.5 Å². The number of fused-ring (bicyclic) bond motifs is 1. The molecule has 11 N–H and O–H groups in total. The van der Waals surface area contributed by atoms with Gasteiger partial charge in [-0.25, -0.2) is 4.79 Å². The number of ether oxygens (including phenoxy) is 7. The molecule has 0 saturated carbocycles. The van der Waals surface area contributed by atoms with Crippen LogP contribution in [0.15, 0.2) is 76.0 Å². The van der Waals surface area contributed by atoms with Crippen molar-refractivity contribution in [3.63, 3.8) is 0 Å². The summed E-state index contributed by atoms with van der Waals surface area (Å²) < 4.78 is 45.6. The van der Waals surface area contributed by atoms with Gasteiger partial charge in [0.15, 0.2) is 18.2 Å². The fourth-order valence-electron chi connectivity index (χ4n) is 6.89. The van der Waals surface area contributed by atoms with Crippen LogP contribution in [0.5, 0.6) is 28.7 Å². The van der Waals surface area contributed by atoms with Gasteiger partial charge >= 0.3 is 5.97 Å². The van der Waals surface area contributed by atoms with Crippen molar-refractivity contribution in [1.29, 1.82) is 0 Å². The van der Waals surface area contributed by atoms with Gasteiger partial charge in [0.1, 0.15) is 95.5 Å². The summed E-state index contributed by atoms with van der Waals surface area (Å²) in [6, 6.07) is 13.2. The van der Waals surface area contributed by atoms with Gasteiger partial charge in [0.25, 0.3) is 0 Å². The van der Waals surface area contributed by atoms with Crippen LogP contribution in [0.25, 0.3) is 28.4 Å². The summed E-state index contributed by atoms with van der Waals surface area (Å²) in [4.78, 5) is 26.8. The van der Waals surface area contributed by atoms with Crippen molar-refractivity contribution in [1.82, 2.24) is 0 Å². The molecule has 3 fully saturated rings. The average molecular weight is 873 g/mol. The molecule has 3 aromatic carbocycles. The number of carbonyl (C=O) groups excluding carboxylic acids is 1. The molecule has 0 unspecified atom stereocenters. The predicted molar refractivity (Wildman–Crippen MR) is 206 cm³/mol. The van der Waals surface area contributed by atoms with E-state index in [1.807, 2.05) is 0 Å².